The number of nitrogens with one attached hydrogen (secondary N) is 1. The van der Waals surface area contributed by atoms with Crippen LogP contribution in [-0.2, 0) is 4.79 Å². The maximum Gasteiger partial charge on any atom is 0.240 e. The van der Waals surface area contributed by atoms with Crippen molar-refractivity contribution in [2.45, 2.75) is 76.9 Å². The van der Waals surface area contributed by atoms with Crippen molar-refractivity contribution >= 4 is 5.91 Å². The standard InChI is InChI=1S/C14H26N2O/c1-11(2)15-12-7-6-10-16(13(12)17)14(3)8-4-5-9-14/h11-12,15H,4-10H2,1-3H3. The highest BCUT2D eigenvalue weighted by Gasteiger charge is 2.41. The summed E-state index contributed by atoms with van der Waals surface area (Å²) < 4.78 is 0. The van der Waals surface area contributed by atoms with Gasteiger partial charge in [0.1, 0.15) is 0 Å². The van der Waals surface area contributed by atoms with Crippen molar-refractivity contribution in [3.05, 3.63) is 0 Å². The number of carbonyl (C=O) groups excluding carboxylic acids is 1. The van der Waals surface area contributed by atoms with Gasteiger partial charge in [-0.05, 0) is 32.6 Å². The van der Waals surface area contributed by atoms with Gasteiger partial charge in [0.05, 0.1) is 6.04 Å². The summed E-state index contributed by atoms with van der Waals surface area (Å²) >= 11 is 0. The molecule has 1 saturated carbocycles. The molecule has 1 unspecified atom stereocenters. The number of nitrogens with zero attached hydrogens (tertiary/aromatic N) is 1. The number of carbonyl (C=O) groups is 1. The fourth-order valence-corrected chi connectivity index (χ4v) is 3.37. The molecular weight excluding hydrogens is 212 g/mol. The van der Waals surface area contributed by atoms with Crippen molar-refractivity contribution in [3.8, 4) is 0 Å². The Labute approximate surface area is 105 Å². The van der Waals surface area contributed by atoms with Crippen molar-refractivity contribution in [1.29, 1.82) is 0 Å². The van der Waals surface area contributed by atoms with Crippen molar-refractivity contribution in [2.24, 2.45) is 0 Å². The van der Waals surface area contributed by atoms with Gasteiger partial charge in [0, 0.05) is 18.1 Å². The number of likely N-dealkylation sites (tertiary alicyclic amines) is 1. The van der Waals surface area contributed by atoms with Crippen molar-refractivity contribution in [1.82, 2.24) is 10.2 Å². The van der Waals surface area contributed by atoms with Crippen LogP contribution in [0.15, 0.2) is 0 Å². The van der Waals surface area contributed by atoms with E-state index in [2.05, 4.69) is 31.0 Å². The van der Waals surface area contributed by atoms with Crippen molar-refractivity contribution in [2.75, 3.05) is 6.54 Å². The van der Waals surface area contributed by atoms with Crippen LogP contribution in [0.2, 0.25) is 0 Å². The fraction of sp³-hybridized carbons (Fsp3) is 0.929. The largest absolute Gasteiger partial charge is 0.336 e. The second-order valence-corrected chi connectivity index (χ2v) is 6.21. The molecule has 0 aromatic carbocycles. The van der Waals surface area contributed by atoms with E-state index in [-0.39, 0.29) is 11.6 Å². The first-order chi connectivity index (χ1) is 8.03. The molecule has 2 rings (SSSR count). The summed E-state index contributed by atoms with van der Waals surface area (Å²) in [6.07, 6.45) is 7.08. The van der Waals surface area contributed by atoms with Crippen molar-refractivity contribution in [3.63, 3.8) is 0 Å². The molecule has 1 heterocycles. The van der Waals surface area contributed by atoms with E-state index < -0.39 is 0 Å². The summed E-state index contributed by atoms with van der Waals surface area (Å²) in [4.78, 5) is 14.7. The van der Waals surface area contributed by atoms with Gasteiger partial charge in [0.2, 0.25) is 5.91 Å². The Morgan fingerprint density at radius 1 is 1.29 bits per heavy atom. The van der Waals surface area contributed by atoms with Crippen LogP contribution < -0.4 is 5.32 Å². The molecule has 0 aromatic rings. The highest BCUT2D eigenvalue weighted by atomic mass is 16.2. The quantitative estimate of drug-likeness (QED) is 0.818. The molecule has 1 atom stereocenters. The summed E-state index contributed by atoms with van der Waals surface area (Å²) in [6, 6.07) is 0.446. The van der Waals surface area contributed by atoms with Gasteiger partial charge in [0.25, 0.3) is 0 Å². The van der Waals surface area contributed by atoms with Crippen LogP contribution in [0.3, 0.4) is 0 Å². The molecule has 3 heteroatoms. The highest BCUT2D eigenvalue weighted by Crippen LogP contribution is 2.36. The van der Waals surface area contributed by atoms with Crippen LogP contribution in [0.5, 0.6) is 0 Å². The van der Waals surface area contributed by atoms with E-state index in [9.17, 15) is 4.79 Å². The molecule has 2 fully saturated rings. The predicted octanol–water partition coefficient (Wildman–Crippen LogP) is 2.31. The maximum atomic E-state index is 12.5. The van der Waals surface area contributed by atoms with E-state index in [1.165, 1.54) is 25.7 Å². The summed E-state index contributed by atoms with van der Waals surface area (Å²) in [7, 11) is 0. The van der Waals surface area contributed by atoms with E-state index in [4.69, 9.17) is 0 Å². The fourth-order valence-electron chi connectivity index (χ4n) is 3.37. The first kappa shape index (κ1) is 12.9. The van der Waals surface area contributed by atoms with Crippen LogP contribution in [0.4, 0.5) is 0 Å². The first-order valence-corrected chi connectivity index (χ1v) is 7.10. The van der Waals surface area contributed by atoms with Gasteiger partial charge in [0.15, 0.2) is 0 Å². The number of hydrogen-bond donors (Lipinski definition) is 1. The van der Waals surface area contributed by atoms with Gasteiger partial charge in [-0.15, -0.1) is 0 Å². The Morgan fingerprint density at radius 2 is 1.94 bits per heavy atom. The number of amides is 1. The molecule has 1 N–H and O–H groups in total. The lowest BCUT2D eigenvalue weighted by Crippen LogP contribution is -2.58. The van der Waals surface area contributed by atoms with E-state index in [1.54, 1.807) is 0 Å². The summed E-state index contributed by atoms with van der Waals surface area (Å²) in [5.41, 5.74) is 0.147. The van der Waals surface area contributed by atoms with Gasteiger partial charge in [-0.2, -0.15) is 0 Å². The molecule has 0 radical (unpaired) electrons. The monoisotopic (exact) mass is 238 g/mol. The predicted molar refractivity (Wildman–Crippen MR) is 69.9 cm³/mol. The Balaban J connectivity index is 2.05. The summed E-state index contributed by atoms with van der Waals surface area (Å²) in [6.45, 7) is 7.47. The molecule has 98 valence electrons. The number of rotatable bonds is 3. The summed E-state index contributed by atoms with van der Waals surface area (Å²) in [5.74, 6) is 0.342. The molecule has 0 spiro atoms. The molecular formula is C14H26N2O. The van der Waals surface area contributed by atoms with Gasteiger partial charge < -0.3 is 10.2 Å². The zero-order chi connectivity index (χ0) is 12.5. The minimum absolute atomic E-state index is 0.0566. The average Bonchev–Trinajstić information content (AvgIpc) is 2.69. The molecule has 2 aliphatic rings. The van der Waals surface area contributed by atoms with Gasteiger partial charge in [-0.25, -0.2) is 0 Å². The Morgan fingerprint density at radius 3 is 2.53 bits per heavy atom. The topological polar surface area (TPSA) is 32.3 Å². The van der Waals surface area contributed by atoms with E-state index in [1.807, 2.05) is 0 Å². The minimum Gasteiger partial charge on any atom is -0.336 e. The molecule has 1 amide bonds. The normalized spacial score (nSPS) is 29.1. The zero-order valence-electron chi connectivity index (χ0n) is 11.5. The van der Waals surface area contributed by atoms with Crippen LogP contribution in [0.25, 0.3) is 0 Å². The van der Waals surface area contributed by atoms with Crippen LogP contribution in [0.1, 0.15) is 59.3 Å². The van der Waals surface area contributed by atoms with Gasteiger partial charge in [-0.1, -0.05) is 26.7 Å². The molecule has 0 bridgehead atoms. The van der Waals surface area contributed by atoms with E-state index in [0.29, 0.717) is 11.9 Å². The van der Waals surface area contributed by atoms with Gasteiger partial charge in [-0.3, -0.25) is 4.79 Å². The van der Waals surface area contributed by atoms with Crippen LogP contribution in [0, 0.1) is 0 Å². The second kappa shape index (κ2) is 4.97. The third-order valence-electron chi connectivity index (χ3n) is 4.31. The molecule has 1 saturated heterocycles. The van der Waals surface area contributed by atoms with E-state index in [0.717, 1.165) is 19.4 Å². The van der Waals surface area contributed by atoms with Gasteiger partial charge >= 0.3 is 0 Å². The molecule has 1 aliphatic heterocycles. The lowest BCUT2D eigenvalue weighted by Gasteiger charge is -2.44. The van der Waals surface area contributed by atoms with Crippen LogP contribution in [-0.4, -0.2) is 35.0 Å². The smallest absolute Gasteiger partial charge is 0.240 e. The third kappa shape index (κ3) is 2.65. The Bertz CT molecular complexity index is 282. The molecule has 1 aliphatic carbocycles. The average molecular weight is 238 g/mol. The lowest BCUT2D eigenvalue weighted by atomic mass is 9.92. The summed E-state index contributed by atoms with van der Waals surface area (Å²) in [5, 5.41) is 3.41. The maximum absolute atomic E-state index is 12.5. The first-order valence-electron chi connectivity index (χ1n) is 7.10. The number of piperidine rings is 1. The molecule has 17 heavy (non-hydrogen) atoms. The Kier molecular flexibility index (Phi) is 3.76. The number of hydrogen-bond acceptors (Lipinski definition) is 2. The minimum atomic E-state index is 0.0566. The SMILES string of the molecule is CC(C)NC1CCCN(C2(C)CCCC2)C1=O. The zero-order valence-corrected chi connectivity index (χ0v) is 11.5. The Hall–Kier alpha value is -0.570. The molecule has 0 aromatic heterocycles. The van der Waals surface area contributed by atoms with Crippen molar-refractivity contribution < 1.29 is 4.79 Å². The highest BCUT2D eigenvalue weighted by molar-refractivity contribution is 5.83. The molecule has 3 nitrogen and oxygen atoms in total. The third-order valence-corrected chi connectivity index (χ3v) is 4.31. The van der Waals surface area contributed by atoms with Crippen LogP contribution >= 0.6 is 0 Å². The second-order valence-electron chi connectivity index (χ2n) is 6.21. The van der Waals surface area contributed by atoms with E-state index >= 15 is 0 Å². The lowest BCUT2D eigenvalue weighted by molar-refractivity contribution is -0.142.